The fourth-order valence-electron chi connectivity index (χ4n) is 1.00. The summed E-state index contributed by atoms with van der Waals surface area (Å²) >= 11 is 0. The van der Waals surface area contributed by atoms with Crippen molar-refractivity contribution < 1.29 is 19.1 Å². The highest BCUT2D eigenvalue weighted by molar-refractivity contribution is 5.93. The van der Waals surface area contributed by atoms with Gasteiger partial charge < -0.3 is 10.4 Å². The number of carboxylic acid groups (broad SMARTS) is 1. The second-order valence-corrected chi connectivity index (χ2v) is 3.00. The van der Waals surface area contributed by atoms with E-state index >= 15 is 0 Å². The molecule has 5 heteroatoms. The number of aliphatic carboxylic acids is 1. The Morgan fingerprint density at radius 2 is 2.19 bits per heavy atom. The van der Waals surface area contributed by atoms with Crippen LogP contribution in [0.5, 0.6) is 0 Å². The number of carbonyl (C=O) groups excluding carboxylic acids is 1. The summed E-state index contributed by atoms with van der Waals surface area (Å²) in [6, 6.07) is 5.71. The summed E-state index contributed by atoms with van der Waals surface area (Å²) in [6.07, 6.45) is 2.55. The molecule has 0 heterocycles. The van der Waals surface area contributed by atoms with Crippen molar-refractivity contribution in [1.82, 2.24) is 5.32 Å². The lowest BCUT2D eigenvalue weighted by Crippen LogP contribution is -2.27. The third-order valence-electron chi connectivity index (χ3n) is 1.69. The van der Waals surface area contributed by atoms with Gasteiger partial charge in [0.25, 0.3) is 0 Å². The van der Waals surface area contributed by atoms with Gasteiger partial charge >= 0.3 is 5.97 Å². The molecule has 0 fully saturated rings. The number of nitrogens with one attached hydrogen (secondary N) is 1. The Morgan fingerprint density at radius 1 is 1.44 bits per heavy atom. The SMILES string of the molecule is O=C(O)CNC(=O)C=Cc1cccc(F)c1. The molecule has 1 aromatic rings. The molecule has 0 bridgehead atoms. The van der Waals surface area contributed by atoms with Gasteiger partial charge in [-0.15, -0.1) is 0 Å². The van der Waals surface area contributed by atoms with E-state index in [1.807, 2.05) is 0 Å². The van der Waals surface area contributed by atoms with Crippen LogP contribution in [0.1, 0.15) is 5.56 Å². The normalized spacial score (nSPS) is 10.3. The summed E-state index contributed by atoms with van der Waals surface area (Å²) in [5, 5.41) is 10.4. The first-order valence-corrected chi connectivity index (χ1v) is 4.51. The van der Waals surface area contributed by atoms with Crippen molar-refractivity contribution in [2.75, 3.05) is 6.54 Å². The summed E-state index contributed by atoms with van der Waals surface area (Å²) in [5.41, 5.74) is 0.533. The van der Waals surface area contributed by atoms with Gasteiger partial charge in [-0.2, -0.15) is 0 Å². The monoisotopic (exact) mass is 223 g/mol. The molecule has 0 saturated carbocycles. The standard InChI is InChI=1S/C11H10FNO3/c12-9-3-1-2-8(6-9)4-5-10(14)13-7-11(15)16/h1-6H,7H2,(H,13,14)(H,15,16). The average molecular weight is 223 g/mol. The Bertz CT molecular complexity index is 429. The second kappa shape index (κ2) is 5.65. The Hall–Kier alpha value is -2.17. The highest BCUT2D eigenvalue weighted by Gasteiger charge is 1.99. The van der Waals surface area contributed by atoms with E-state index < -0.39 is 24.2 Å². The van der Waals surface area contributed by atoms with Gasteiger partial charge in [0.2, 0.25) is 5.91 Å². The maximum absolute atomic E-state index is 12.7. The van der Waals surface area contributed by atoms with Crippen LogP contribution in [0.3, 0.4) is 0 Å². The van der Waals surface area contributed by atoms with E-state index in [2.05, 4.69) is 5.32 Å². The molecule has 0 aliphatic rings. The highest BCUT2D eigenvalue weighted by atomic mass is 19.1. The van der Waals surface area contributed by atoms with Gasteiger partial charge in [0, 0.05) is 6.08 Å². The van der Waals surface area contributed by atoms with Crippen molar-refractivity contribution in [3.8, 4) is 0 Å². The molecule has 0 unspecified atom stereocenters. The Morgan fingerprint density at radius 3 is 2.81 bits per heavy atom. The van der Waals surface area contributed by atoms with Crippen LogP contribution in [0, 0.1) is 5.82 Å². The van der Waals surface area contributed by atoms with Crippen molar-refractivity contribution in [3.63, 3.8) is 0 Å². The Kier molecular flexibility index (Phi) is 4.20. The number of carboxylic acids is 1. The summed E-state index contributed by atoms with van der Waals surface area (Å²) in [5.74, 6) is -2.05. The lowest BCUT2D eigenvalue weighted by atomic mass is 10.2. The van der Waals surface area contributed by atoms with E-state index in [1.165, 1.54) is 24.3 Å². The topological polar surface area (TPSA) is 66.4 Å². The molecule has 2 N–H and O–H groups in total. The molecule has 0 atom stereocenters. The summed E-state index contributed by atoms with van der Waals surface area (Å²) in [4.78, 5) is 21.2. The predicted octanol–water partition coefficient (Wildman–Crippen LogP) is 1.04. The number of carbonyl (C=O) groups is 2. The van der Waals surface area contributed by atoms with Crippen LogP contribution in [-0.4, -0.2) is 23.5 Å². The largest absolute Gasteiger partial charge is 0.480 e. The van der Waals surface area contributed by atoms with Crippen LogP contribution in [0.2, 0.25) is 0 Å². The molecule has 1 amide bonds. The van der Waals surface area contributed by atoms with Crippen LogP contribution >= 0.6 is 0 Å². The maximum atomic E-state index is 12.7. The van der Waals surface area contributed by atoms with Gasteiger partial charge in [-0.05, 0) is 23.8 Å². The zero-order valence-corrected chi connectivity index (χ0v) is 8.31. The summed E-state index contributed by atoms with van der Waals surface area (Å²) in [6.45, 7) is -0.438. The van der Waals surface area contributed by atoms with Crippen molar-refractivity contribution in [2.24, 2.45) is 0 Å². The van der Waals surface area contributed by atoms with E-state index in [1.54, 1.807) is 6.07 Å². The first kappa shape index (κ1) is 11.9. The lowest BCUT2D eigenvalue weighted by molar-refractivity contribution is -0.137. The van der Waals surface area contributed by atoms with E-state index in [0.717, 1.165) is 6.08 Å². The molecule has 4 nitrogen and oxygen atoms in total. The van der Waals surface area contributed by atoms with E-state index in [-0.39, 0.29) is 0 Å². The minimum Gasteiger partial charge on any atom is -0.480 e. The Balaban J connectivity index is 2.53. The molecule has 84 valence electrons. The number of rotatable bonds is 4. The molecule has 1 aromatic carbocycles. The molecular weight excluding hydrogens is 213 g/mol. The number of halogens is 1. The van der Waals surface area contributed by atoms with E-state index in [9.17, 15) is 14.0 Å². The predicted molar refractivity (Wildman–Crippen MR) is 56.1 cm³/mol. The van der Waals surface area contributed by atoms with Crippen molar-refractivity contribution in [1.29, 1.82) is 0 Å². The smallest absolute Gasteiger partial charge is 0.322 e. The number of benzene rings is 1. The third-order valence-corrected chi connectivity index (χ3v) is 1.69. The van der Waals surface area contributed by atoms with Gasteiger partial charge in [-0.25, -0.2) is 4.39 Å². The van der Waals surface area contributed by atoms with Crippen molar-refractivity contribution in [3.05, 3.63) is 41.7 Å². The van der Waals surface area contributed by atoms with Crippen LogP contribution in [0.15, 0.2) is 30.3 Å². The quantitative estimate of drug-likeness (QED) is 0.749. The van der Waals surface area contributed by atoms with Crippen molar-refractivity contribution in [2.45, 2.75) is 0 Å². The minimum atomic E-state index is -1.12. The molecule has 16 heavy (non-hydrogen) atoms. The number of hydrogen-bond acceptors (Lipinski definition) is 2. The van der Waals surface area contributed by atoms with Crippen LogP contribution < -0.4 is 5.32 Å². The van der Waals surface area contributed by atoms with Crippen LogP contribution in [0.4, 0.5) is 4.39 Å². The molecule has 0 aliphatic carbocycles. The van der Waals surface area contributed by atoms with E-state index in [0.29, 0.717) is 5.56 Å². The molecule has 0 spiro atoms. The van der Waals surface area contributed by atoms with Gasteiger partial charge in [-0.1, -0.05) is 12.1 Å². The molecule has 0 aliphatic heterocycles. The zero-order valence-electron chi connectivity index (χ0n) is 8.31. The summed E-state index contributed by atoms with van der Waals surface area (Å²) < 4.78 is 12.7. The van der Waals surface area contributed by atoms with Gasteiger partial charge in [0.05, 0.1) is 0 Å². The zero-order chi connectivity index (χ0) is 12.0. The maximum Gasteiger partial charge on any atom is 0.322 e. The minimum absolute atomic E-state index is 0.395. The van der Waals surface area contributed by atoms with Crippen molar-refractivity contribution >= 4 is 18.0 Å². The highest BCUT2D eigenvalue weighted by Crippen LogP contribution is 2.04. The molecule has 1 rings (SSSR count). The van der Waals surface area contributed by atoms with Gasteiger partial charge in [-0.3, -0.25) is 9.59 Å². The summed E-state index contributed by atoms with van der Waals surface area (Å²) in [7, 11) is 0. The second-order valence-electron chi connectivity index (χ2n) is 3.00. The lowest BCUT2D eigenvalue weighted by Gasteiger charge is -1.96. The van der Waals surface area contributed by atoms with E-state index in [4.69, 9.17) is 5.11 Å². The van der Waals surface area contributed by atoms with Gasteiger partial charge in [0.15, 0.2) is 0 Å². The van der Waals surface area contributed by atoms with Gasteiger partial charge in [0.1, 0.15) is 12.4 Å². The molecular formula is C11H10FNO3. The van der Waals surface area contributed by atoms with Crippen LogP contribution in [-0.2, 0) is 9.59 Å². The third kappa shape index (κ3) is 4.36. The molecule has 0 aromatic heterocycles. The number of hydrogen-bond donors (Lipinski definition) is 2. The fourth-order valence-corrected chi connectivity index (χ4v) is 1.00. The first-order valence-electron chi connectivity index (χ1n) is 4.51. The number of amides is 1. The fraction of sp³-hybridized carbons (Fsp3) is 0.0909. The molecule has 0 radical (unpaired) electrons. The van der Waals surface area contributed by atoms with Crippen LogP contribution in [0.25, 0.3) is 6.08 Å². The first-order chi connectivity index (χ1) is 7.58. The molecule has 0 saturated heterocycles. The Labute approximate surface area is 91.4 Å². The average Bonchev–Trinajstić information content (AvgIpc) is 2.23.